The van der Waals surface area contributed by atoms with Gasteiger partial charge in [0.25, 0.3) is 0 Å². The second-order valence-corrected chi connectivity index (χ2v) is 5.58. The Hall–Kier alpha value is -0.120. The molecule has 0 amide bonds. The van der Waals surface area contributed by atoms with Crippen LogP contribution in [-0.4, -0.2) is 61.2 Å². The third kappa shape index (κ3) is 3.43. The summed E-state index contributed by atoms with van der Waals surface area (Å²) in [5.74, 6) is 0. The van der Waals surface area contributed by atoms with E-state index in [2.05, 4.69) is 29.0 Å². The number of piperazine rings is 1. The highest BCUT2D eigenvalue weighted by atomic mass is 15.3. The summed E-state index contributed by atoms with van der Waals surface area (Å²) in [5, 5.41) is 3.53. The van der Waals surface area contributed by atoms with Crippen molar-refractivity contribution in [2.75, 3.05) is 39.3 Å². The molecule has 0 radical (unpaired) electrons. The summed E-state index contributed by atoms with van der Waals surface area (Å²) in [6.07, 6.45) is 5.37. The van der Waals surface area contributed by atoms with Crippen LogP contribution in [0, 0.1) is 0 Å². The third-order valence-corrected chi connectivity index (χ3v) is 4.43. The molecule has 0 saturated carbocycles. The van der Waals surface area contributed by atoms with Crippen molar-refractivity contribution in [2.45, 2.75) is 51.6 Å². The molecule has 2 aliphatic heterocycles. The molecule has 2 rings (SSSR count). The van der Waals surface area contributed by atoms with Crippen LogP contribution in [0.25, 0.3) is 0 Å². The summed E-state index contributed by atoms with van der Waals surface area (Å²) < 4.78 is 0. The van der Waals surface area contributed by atoms with Crippen LogP contribution in [0.5, 0.6) is 0 Å². The molecule has 1 N–H and O–H groups in total. The Morgan fingerprint density at radius 2 is 1.88 bits per heavy atom. The van der Waals surface area contributed by atoms with Crippen LogP contribution in [0.15, 0.2) is 0 Å². The maximum Gasteiger partial charge on any atom is 0.0221 e. The summed E-state index contributed by atoms with van der Waals surface area (Å²) in [6, 6.07) is 1.64. The molecule has 100 valence electrons. The zero-order valence-corrected chi connectivity index (χ0v) is 11.6. The molecule has 17 heavy (non-hydrogen) atoms. The van der Waals surface area contributed by atoms with Gasteiger partial charge in [-0.3, -0.25) is 4.90 Å². The summed E-state index contributed by atoms with van der Waals surface area (Å²) in [5.41, 5.74) is 0. The van der Waals surface area contributed by atoms with E-state index in [0.717, 1.165) is 12.1 Å². The van der Waals surface area contributed by atoms with Gasteiger partial charge in [0.1, 0.15) is 0 Å². The molecule has 0 spiro atoms. The Balaban J connectivity index is 1.82. The topological polar surface area (TPSA) is 18.5 Å². The van der Waals surface area contributed by atoms with Crippen molar-refractivity contribution in [1.29, 1.82) is 0 Å². The standard InChI is InChI=1S/C14H29N3/c1-3-8-16-9-5-14(6-10-16)17-11-7-15-12-13(17)4-2/h13-15H,3-12H2,1-2H3. The Bertz CT molecular complexity index is 212. The maximum absolute atomic E-state index is 3.53. The quantitative estimate of drug-likeness (QED) is 0.803. The first kappa shape index (κ1) is 13.3. The average molecular weight is 239 g/mol. The fraction of sp³-hybridized carbons (Fsp3) is 1.00. The lowest BCUT2D eigenvalue weighted by Crippen LogP contribution is -2.57. The highest BCUT2D eigenvalue weighted by Gasteiger charge is 2.29. The first-order chi connectivity index (χ1) is 8.35. The largest absolute Gasteiger partial charge is 0.314 e. The third-order valence-electron chi connectivity index (χ3n) is 4.43. The lowest BCUT2D eigenvalue weighted by molar-refractivity contribution is 0.0563. The molecule has 1 unspecified atom stereocenters. The van der Waals surface area contributed by atoms with E-state index in [1.807, 2.05) is 0 Å². The fourth-order valence-corrected chi connectivity index (χ4v) is 3.43. The Morgan fingerprint density at radius 1 is 1.12 bits per heavy atom. The first-order valence-corrected chi connectivity index (χ1v) is 7.54. The Morgan fingerprint density at radius 3 is 2.53 bits per heavy atom. The van der Waals surface area contributed by atoms with Gasteiger partial charge in [-0.2, -0.15) is 0 Å². The molecular weight excluding hydrogens is 210 g/mol. The van der Waals surface area contributed by atoms with Crippen molar-refractivity contribution in [1.82, 2.24) is 15.1 Å². The summed E-state index contributed by atoms with van der Waals surface area (Å²) >= 11 is 0. The molecule has 0 aromatic heterocycles. The van der Waals surface area contributed by atoms with Crippen LogP contribution < -0.4 is 5.32 Å². The van der Waals surface area contributed by atoms with Gasteiger partial charge in [-0.05, 0) is 45.3 Å². The van der Waals surface area contributed by atoms with Crippen LogP contribution in [0.4, 0.5) is 0 Å². The number of nitrogens with one attached hydrogen (secondary N) is 1. The van der Waals surface area contributed by atoms with Crippen molar-refractivity contribution < 1.29 is 0 Å². The molecule has 2 fully saturated rings. The van der Waals surface area contributed by atoms with Crippen molar-refractivity contribution in [3.05, 3.63) is 0 Å². The molecule has 0 aliphatic carbocycles. The molecular formula is C14H29N3. The van der Waals surface area contributed by atoms with Crippen LogP contribution in [0.2, 0.25) is 0 Å². The van der Waals surface area contributed by atoms with E-state index in [4.69, 9.17) is 0 Å². The monoisotopic (exact) mass is 239 g/mol. The number of rotatable bonds is 4. The smallest absolute Gasteiger partial charge is 0.0221 e. The molecule has 2 heterocycles. The van der Waals surface area contributed by atoms with Gasteiger partial charge in [-0.15, -0.1) is 0 Å². The minimum absolute atomic E-state index is 0.784. The van der Waals surface area contributed by atoms with Gasteiger partial charge in [0.05, 0.1) is 0 Å². The Kier molecular flexibility index (Phi) is 5.26. The highest BCUT2D eigenvalue weighted by Crippen LogP contribution is 2.21. The lowest BCUT2D eigenvalue weighted by atomic mass is 9.99. The van der Waals surface area contributed by atoms with Crippen LogP contribution in [-0.2, 0) is 0 Å². The molecule has 1 atom stereocenters. The van der Waals surface area contributed by atoms with E-state index < -0.39 is 0 Å². The molecule has 0 bridgehead atoms. The van der Waals surface area contributed by atoms with Crippen LogP contribution >= 0.6 is 0 Å². The fourth-order valence-electron chi connectivity index (χ4n) is 3.43. The van der Waals surface area contributed by atoms with Gasteiger partial charge in [-0.1, -0.05) is 13.8 Å². The SMILES string of the molecule is CCCN1CCC(N2CCNCC2CC)CC1. The molecule has 0 aromatic rings. The second kappa shape index (κ2) is 6.72. The van der Waals surface area contributed by atoms with E-state index in [1.54, 1.807) is 0 Å². The predicted molar refractivity (Wildman–Crippen MR) is 73.4 cm³/mol. The zero-order valence-electron chi connectivity index (χ0n) is 11.6. The second-order valence-electron chi connectivity index (χ2n) is 5.58. The van der Waals surface area contributed by atoms with Gasteiger partial charge < -0.3 is 10.2 Å². The summed E-state index contributed by atoms with van der Waals surface area (Å²) in [7, 11) is 0. The molecule has 2 saturated heterocycles. The highest BCUT2D eigenvalue weighted by molar-refractivity contribution is 4.87. The number of piperidine rings is 1. The zero-order chi connectivity index (χ0) is 12.1. The minimum Gasteiger partial charge on any atom is -0.314 e. The van der Waals surface area contributed by atoms with Crippen molar-refractivity contribution in [3.63, 3.8) is 0 Å². The van der Waals surface area contributed by atoms with E-state index in [-0.39, 0.29) is 0 Å². The van der Waals surface area contributed by atoms with Gasteiger partial charge in [0, 0.05) is 31.7 Å². The lowest BCUT2D eigenvalue weighted by Gasteiger charge is -2.44. The average Bonchev–Trinajstić information content (AvgIpc) is 2.40. The molecule has 3 heteroatoms. The minimum atomic E-state index is 0.784. The number of hydrogen-bond acceptors (Lipinski definition) is 3. The predicted octanol–water partition coefficient (Wildman–Crippen LogP) is 1.54. The van der Waals surface area contributed by atoms with Crippen LogP contribution in [0.3, 0.4) is 0 Å². The maximum atomic E-state index is 3.53. The van der Waals surface area contributed by atoms with E-state index in [1.165, 1.54) is 65.0 Å². The van der Waals surface area contributed by atoms with Gasteiger partial charge in [-0.25, -0.2) is 0 Å². The summed E-state index contributed by atoms with van der Waals surface area (Å²) in [4.78, 5) is 5.43. The van der Waals surface area contributed by atoms with Gasteiger partial charge in [0.15, 0.2) is 0 Å². The van der Waals surface area contributed by atoms with Gasteiger partial charge >= 0.3 is 0 Å². The number of nitrogens with zero attached hydrogens (tertiary/aromatic N) is 2. The van der Waals surface area contributed by atoms with E-state index >= 15 is 0 Å². The van der Waals surface area contributed by atoms with E-state index in [0.29, 0.717) is 0 Å². The molecule has 0 aromatic carbocycles. The Labute approximate surface area is 107 Å². The normalized spacial score (nSPS) is 29.6. The van der Waals surface area contributed by atoms with Gasteiger partial charge in [0.2, 0.25) is 0 Å². The van der Waals surface area contributed by atoms with Crippen LogP contribution in [0.1, 0.15) is 39.5 Å². The molecule has 2 aliphatic rings. The number of likely N-dealkylation sites (tertiary alicyclic amines) is 1. The van der Waals surface area contributed by atoms with Crippen molar-refractivity contribution in [2.24, 2.45) is 0 Å². The number of hydrogen-bond donors (Lipinski definition) is 1. The van der Waals surface area contributed by atoms with Crippen molar-refractivity contribution >= 4 is 0 Å². The molecule has 3 nitrogen and oxygen atoms in total. The summed E-state index contributed by atoms with van der Waals surface area (Å²) in [6.45, 7) is 12.2. The van der Waals surface area contributed by atoms with E-state index in [9.17, 15) is 0 Å². The first-order valence-electron chi connectivity index (χ1n) is 7.54. The van der Waals surface area contributed by atoms with Crippen molar-refractivity contribution in [3.8, 4) is 0 Å².